The van der Waals surface area contributed by atoms with Crippen LogP contribution < -0.4 is 15.4 Å². The fourth-order valence-electron chi connectivity index (χ4n) is 3.03. The van der Waals surface area contributed by atoms with Crippen molar-refractivity contribution in [1.82, 2.24) is 10.2 Å². The van der Waals surface area contributed by atoms with Gasteiger partial charge < -0.3 is 15.4 Å². The third kappa shape index (κ3) is 4.30. The van der Waals surface area contributed by atoms with Crippen molar-refractivity contribution in [1.29, 1.82) is 0 Å². The van der Waals surface area contributed by atoms with Gasteiger partial charge >= 0.3 is 6.03 Å². The van der Waals surface area contributed by atoms with Crippen molar-refractivity contribution in [3.05, 3.63) is 90.0 Å². The highest BCUT2D eigenvalue weighted by atomic mass is 16.5. The third-order valence-corrected chi connectivity index (χ3v) is 4.60. The SMILES string of the molecule is O=C(Nc1ccccc1Oc1ccccc1)c1ccc(CN2C(=O)CNC2=O)cc1. The highest BCUT2D eigenvalue weighted by Gasteiger charge is 2.28. The Hall–Kier alpha value is -4.13. The number of ether oxygens (including phenoxy) is 1. The quantitative estimate of drug-likeness (QED) is 0.616. The molecule has 0 unspecified atom stereocenters. The van der Waals surface area contributed by atoms with Crippen LogP contribution in [0.2, 0.25) is 0 Å². The molecule has 1 aliphatic rings. The van der Waals surface area contributed by atoms with Gasteiger partial charge in [0.2, 0.25) is 5.91 Å². The summed E-state index contributed by atoms with van der Waals surface area (Å²) < 4.78 is 5.87. The van der Waals surface area contributed by atoms with E-state index in [-0.39, 0.29) is 24.9 Å². The Morgan fingerprint density at radius 2 is 1.63 bits per heavy atom. The molecule has 0 spiro atoms. The molecule has 7 nitrogen and oxygen atoms in total. The second-order valence-corrected chi connectivity index (χ2v) is 6.70. The van der Waals surface area contributed by atoms with Crippen molar-refractivity contribution in [3.8, 4) is 11.5 Å². The van der Waals surface area contributed by atoms with Crippen LogP contribution in [0.4, 0.5) is 10.5 Å². The number of carbonyl (C=O) groups is 3. The summed E-state index contributed by atoms with van der Waals surface area (Å²) in [4.78, 5) is 37.2. The van der Waals surface area contributed by atoms with Gasteiger partial charge in [0.05, 0.1) is 18.8 Å². The molecule has 1 heterocycles. The summed E-state index contributed by atoms with van der Waals surface area (Å²) in [6, 6.07) is 22.9. The lowest BCUT2D eigenvalue weighted by molar-refractivity contribution is -0.125. The molecule has 4 rings (SSSR count). The maximum absolute atomic E-state index is 12.7. The number of rotatable bonds is 6. The molecule has 0 aromatic heterocycles. The molecule has 3 aromatic rings. The van der Waals surface area contributed by atoms with Crippen molar-refractivity contribution in [3.63, 3.8) is 0 Å². The lowest BCUT2D eigenvalue weighted by Crippen LogP contribution is -2.30. The smallest absolute Gasteiger partial charge is 0.324 e. The standard InChI is InChI=1S/C23H19N3O4/c27-21-14-24-23(29)26(21)15-16-10-12-17(13-11-16)22(28)25-19-8-4-5-9-20(19)30-18-6-2-1-3-7-18/h1-13H,14-15H2,(H,24,29)(H,25,28). The van der Waals surface area contributed by atoms with Crippen LogP contribution in [0.5, 0.6) is 11.5 Å². The first-order valence-electron chi connectivity index (χ1n) is 9.40. The van der Waals surface area contributed by atoms with Crippen LogP contribution in [0.25, 0.3) is 0 Å². The van der Waals surface area contributed by atoms with E-state index in [1.165, 1.54) is 0 Å². The molecule has 0 aliphatic carbocycles. The number of imide groups is 1. The van der Waals surface area contributed by atoms with E-state index in [1.807, 2.05) is 42.5 Å². The molecular formula is C23H19N3O4. The van der Waals surface area contributed by atoms with Crippen LogP contribution in [-0.2, 0) is 11.3 Å². The van der Waals surface area contributed by atoms with E-state index in [9.17, 15) is 14.4 Å². The second-order valence-electron chi connectivity index (χ2n) is 6.70. The van der Waals surface area contributed by atoms with Crippen molar-refractivity contribution < 1.29 is 19.1 Å². The number of nitrogens with zero attached hydrogens (tertiary/aromatic N) is 1. The van der Waals surface area contributed by atoms with Crippen LogP contribution in [0.3, 0.4) is 0 Å². The molecule has 30 heavy (non-hydrogen) atoms. The van der Waals surface area contributed by atoms with Crippen LogP contribution in [0.15, 0.2) is 78.9 Å². The summed E-state index contributed by atoms with van der Waals surface area (Å²) in [5.74, 6) is 0.647. The minimum absolute atomic E-state index is 0.0176. The average molecular weight is 401 g/mol. The largest absolute Gasteiger partial charge is 0.455 e. The van der Waals surface area contributed by atoms with Gasteiger partial charge in [-0.25, -0.2) is 4.79 Å². The number of hydrogen-bond donors (Lipinski definition) is 2. The Bertz CT molecular complexity index is 1070. The Morgan fingerprint density at radius 1 is 0.933 bits per heavy atom. The monoisotopic (exact) mass is 401 g/mol. The zero-order chi connectivity index (χ0) is 20.9. The summed E-state index contributed by atoms with van der Waals surface area (Å²) in [5.41, 5.74) is 1.75. The summed E-state index contributed by atoms with van der Waals surface area (Å²) in [5, 5.41) is 5.34. The maximum atomic E-state index is 12.7. The van der Waals surface area contributed by atoms with Gasteiger partial charge in [-0.1, -0.05) is 42.5 Å². The molecule has 1 fully saturated rings. The molecule has 0 saturated carbocycles. The molecule has 3 aromatic carbocycles. The fraction of sp³-hybridized carbons (Fsp3) is 0.0870. The van der Waals surface area contributed by atoms with Crippen LogP contribution >= 0.6 is 0 Å². The minimum atomic E-state index is -0.406. The van der Waals surface area contributed by atoms with Gasteiger partial charge in [-0.15, -0.1) is 0 Å². The van der Waals surface area contributed by atoms with Crippen LogP contribution in [0.1, 0.15) is 15.9 Å². The number of urea groups is 1. The molecule has 4 amide bonds. The molecule has 2 N–H and O–H groups in total. The second kappa shape index (κ2) is 8.48. The molecule has 0 radical (unpaired) electrons. The zero-order valence-electron chi connectivity index (χ0n) is 16.0. The van der Waals surface area contributed by atoms with Crippen molar-refractivity contribution in [2.75, 3.05) is 11.9 Å². The predicted molar refractivity (Wildman–Crippen MR) is 111 cm³/mol. The predicted octanol–water partition coefficient (Wildman–Crippen LogP) is 3.78. The fourth-order valence-corrected chi connectivity index (χ4v) is 3.03. The van der Waals surface area contributed by atoms with E-state index in [4.69, 9.17) is 4.74 Å². The van der Waals surface area contributed by atoms with Crippen molar-refractivity contribution in [2.45, 2.75) is 6.54 Å². The summed E-state index contributed by atoms with van der Waals surface area (Å²) in [6.45, 7) is 0.185. The molecule has 7 heteroatoms. The van der Waals surface area contributed by atoms with Gasteiger partial charge in [0.1, 0.15) is 5.75 Å². The molecule has 0 atom stereocenters. The normalized spacial score (nSPS) is 13.1. The summed E-state index contributed by atoms with van der Waals surface area (Å²) >= 11 is 0. The van der Waals surface area contributed by atoms with Gasteiger partial charge in [0.15, 0.2) is 5.75 Å². The number of benzene rings is 3. The number of amides is 4. The van der Waals surface area contributed by atoms with E-state index in [0.29, 0.717) is 22.7 Å². The van der Waals surface area contributed by atoms with E-state index >= 15 is 0 Å². The zero-order valence-corrected chi connectivity index (χ0v) is 16.0. The first-order valence-corrected chi connectivity index (χ1v) is 9.40. The van der Waals surface area contributed by atoms with E-state index in [0.717, 1.165) is 10.5 Å². The third-order valence-electron chi connectivity index (χ3n) is 4.60. The summed E-state index contributed by atoms with van der Waals surface area (Å²) in [6.07, 6.45) is 0. The van der Waals surface area contributed by atoms with Gasteiger partial charge in [-0.2, -0.15) is 0 Å². The summed E-state index contributed by atoms with van der Waals surface area (Å²) in [7, 11) is 0. The number of para-hydroxylation sites is 3. The Morgan fingerprint density at radius 3 is 2.33 bits per heavy atom. The molecule has 1 aliphatic heterocycles. The first-order chi connectivity index (χ1) is 14.6. The minimum Gasteiger partial charge on any atom is -0.455 e. The first kappa shape index (κ1) is 19.2. The average Bonchev–Trinajstić information content (AvgIpc) is 3.08. The molecular weight excluding hydrogens is 382 g/mol. The van der Waals surface area contributed by atoms with Gasteiger partial charge in [-0.05, 0) is 42.0 Å². The lowest BCUT2D eigenvalue weighted by atomic mass is 10.1. The van der Waals surface area contributed by atoms with Crippen LogP contribution in [0, 0.1) is 0 Å². The Kier molecular flexibility index (Phi) is 5.43. The number of carbonyl (C=O) groups excluding carboxylic acids is 3. The molecule has 150 valence electrons. The number of anilines is 1. The Labute approximate surface area is 173 Å². The highest BCUT2D eigenvalue weighted by Crippen LogP contribution is 2.29. The van der Waals surface area contributed by atoms with Gasteiger partial charge in [-0.3, -0.25) is 14.5 Å². The Balaban J connectivity index is 1.44. The highest BCUT2D eigenvalue weighted by molar-refractivity contribution is 6.05. The van der Waals surface area contributed by atoms with E-state index in [2.05, 4.69) is 10.6 Å². The topological polar surface area (TPSA) is 87.7 Å². The maximum Gasteiger partial charge on any atom is 0.324 e. The van der Waals surface area contributed by atoms with Crippen molar-refractivity contribution >= 4 is 23.5 Å². The molecule has 1 saturated heterocycles. The van der Waals surface area contributed by atoms with Crippen LogP contribution in [-0.4, -0.2) is 29.3 Å². The van der Waals surface area contributed by atoms with Gasteiger partial charge in [0.25, 0.3) is 5.91 Å². The van der Waals surface area contributed by atoms with Crippen molar-refractivity contribution in [2.24, 2.45) is 0 Å². The van der Waals surface area contributed by atoms with E-state index < -0.39 is 6.03 Å². The lowest BCUT2D eigenvalue weighted by Gasteiger charge is -2.14. The van der Waals surface area contributed by atoms with Gasteiger partial charge in [0, 0.05) is 5.56 Å². The molecule has 0 bridgehead atoms. The number of hydrogen-bond acceptors (Lipinski definition) is 4. The van der Waals surface area contributed by atoms with E-state index in [1.54, 1.807) is 36.4 Å². The number of nitrogens with one attached hydrogen (secondary N) is 2.